The van der Waals surface area contributed by atoms with Crippen molar-refractivity contribution in [2.75, 3.05) is 25.9 Å². The molecular weight excluding hydrogens is 245 g/mol. The van der Waals surface area contributed by atoms with Crippen LogP contribution < -0.4 is 10.0 Å². The van der Waals surface area contributed by atoms with Crippen LogP contribution >= 0.6 is 0 Å². The topological polar surface area (TPSA) is 58.2 Å². The molecule has 8 heteroatoms. The average molecular weight is 260 g/mol. The number of hydrogen-bond donors (Lipinski definition) is 2. The molecule has 0 aromatic heterocycles. The van der Waals surface area contributed by atoms with Crippen LogP contribution in [0.1, 0.15) is 6.42 Å². The molecule has 0 aromatic rings. The fourth-order valence-corrected chi connectivity index (χ4v) is 2.24. The fraction of sp³-hybridized carbons (Fsp3) is 1.00. The van der Waals surface area contributed by atoms with Crippen molar-refractivity contribution < 1.29 is 21.6 Å². The molecule has 1 fully saturated rings. The SMILES string of the molecule is CS(=O)(=O)NCC1CNCC(C(F)(F)F)C1. The van der Waals surface area contributed by atoms with E-state index >= 15 is 0 Å². The van der Waals surface area contributed by atoms with Crippen molar-refractivity contribution in [3.63, 3.8) is 0 Å². The number of halogens is 3. The smallest absolute Gasteiger partial charge is 0.316 e. The number of sulfonamides is 1. The van der Waals surface area contributed by atoms with E-state index in [1.165, 1.54) is 0 Å². The van der Waals surface area contributed by atoms with Gasteiger partial charge < -0.3 is 5.32 Å². The molecule has 0 saturated carbocycles. The van der Waals surface area contributed by atoms with Gasteiger partial charge in [-0.1, -0.05) is 0 Å². The molecule has 0 amide bonds. The number of rotatable bonds is 3. The van der Waals surface area contributed by atoms with Crippen LogP contribution in [-0.2, 0) is 10.0 Å². The minimum absolute atomic E-state index is 0.0288. The highest BCUT2D eigenvalue weighted by atomic mass is 32.2. The van der Waals surface area contributed by atoms with Crippen LogP contribution in [0.25, 0.3) is 0 Å². The molecule has 1 rings (SSSR count). The molecule has 16 heavy (non-hydrogen) atoms. The van der Waals surface area contributed by atoms with Gasteiger partial charge in [0.15, 0.2) is 0 Å². The van der Waals surface area contributed by atoms with Crippen molar-refractivity contribution in [2.24, 2.45) is 11.8 Å². The van der Waals surface area contributed by atoms with Gasteiger partial charge in [0.1, 0.15) is 0 Å². The highest BCUT2D eigenvalue weighted by Crippen LogP contribution is 2.32. The summed E-state index contributed by atoms with van der Waals surface area (Å²) in [5, 5.41) is 2.67. The molecule has 0 bridgehead atoms. The van der Waals surface area contributed by atoms with Crippen molar-refractivity contribution in [3.8, 4) is 0 Å². The third kappa shape index (κ3) is 4.67. The van der Waals surface area contributed by atoms with Crippen LogP contribution in [0, 0.1) is 11.8 Å². The maximum Gasteiger partial charge on any atom is 0.393 e. The molecule has 0 spiro atoms. The molecule has 2 unspecified atom stereocenters. The first kappa shape index (κ1) is 13.7. The van der Waals surface area contributed by atoms with E-state index in [4.69, 9.17) is 0 Å². The van der Waals surface area contributed by atoms with Crippen LogP contribution in [0.3, 0.4) is 0 Å². The number of alkyl halides is 3. The van der Waals surface area contributed by atoms with E-state index in [1.807, 2.05) is 0 Å². The Morgan fingerprint density at radius 2 is 2.00 bits per heavy atom. The second-order valence-corrected chi connectivity index (χ2v) is 5.95. The van der Waals surface area contributed by atoms with Gasteiger partial charge in [0, 0.05) is 13.1 Å². The molecule has 0 aliphatic carbocycles. The monoisotopic (exact) mass is 260 g/mol. The summed E-state index contributed by atoms with van der Waals surface area (Å²) in [5.74, 6) is -1.69. The average Bonchev–Trinajstić information content (AvgIpc) is 2.13. The zero-order valence-corrected chi connectivity index (χ0v) is 9.66. The van der Waals surface area contributed by atoms with E-state index < -0.39 is 22.1 Å². The van der Waals surface area contributed by atoms with Gasteiger partial charge in [-0.25, -0.2) is 13.1 Å². The summed E-state index contributed by atoms with van der Waals surface area (Å²) in [5.41, 5.74) is 0. The zero-order valence-electron chi connectivity index (χ0n) is 8.84. The molecule has 1 aliphatic rings. The van der Waals surface area contributed by atoms with Gasteiger partial charge in [-0.15, -0.1) is 0 Å². The molecule has 96 valence electrons. The Morgan fingerprint density at radius 1 is 1.38 bits per heavy atom. The number of piperidine rings is 1. The van der Waals surface area contributed by atoms with Crippen LogP contribution in [-0.4, -0.2) is 40.5 Å². The van der Waals surface area contributed by atoms with E-state index in [0.717, 1.165) is 6.26 Å². The third-order valence-corrected chi connectivity index (χ3v) is 3.23. The standard InChI is InChI=1S/C8H15F3N2O2S/c1-16(14,15)13-4-6-2-7(5-12-3-6)8(9,10)11/h6-7,12-13H,2-5H2,1H3. The lowest BCUT2D eigenvalue weighted by molar-refractivity contribution is -0.181. The lowest BCUT2D eigenvalue weighted by Crippen LogP contribution is -2.46. The van der Waals surface area contributed by atoms with E-state index in [-0.39, 0.29) is 25.4 Å². The van der Waals surface area contributed by atoms with Gasteiger partial charge in [-0.05, 0) is 18.9 Å². The summed E-state index contributed by atoms with van der Waals surface area (Å²) in [4.78, 5) is 0. The summed E-state index contributed by atoms with van der Waals surface area (Å²) in [7, 11) is -3.34. The van der Waals surface area contributed by atoms with Crippen molar-refractivity contribution in [3.05, 3.63) is 0 Å². The lowest BCUT2D eigenvalue weighted by atomic mass is 9.90. The maximum absolute atomic E-state index is 12.4. The Hall–Kier alpha value is -0.340. The predicted octanol–water partition coefficient (Wildman–Crippen LogP) is 0.324. The lowest BCUT2D eigenvalue weighted by Gasteiger charge is -2.31. The third-order valence-electron chi connectivity index (χ3n) is 2.54. The molecule has 0 aromatic carbocycles. The molecule has 2 atom stereocenters. The van der Waals surface area contributed by atoms with E-state index in [9.17, 15) is 21.6 Å². The van der Waals surface area contributed by atoms with Crippen molar-refractivity contribution >= 4 is 10.0 Å². The summed E-state index contributed by atoms with van der Waals surface area (Å²) in [6.45, 7) is 0.381. The van der Waals surface area contributed by atoms with Gasteiger partial charge in [-0.3, -0.25) is 0 Å². The molecule has 2 N–H and O–H groups in total. The first-order chi connectivity index (χ1) is 7.18. The largest absolute Gasteiger partial charge is 0.393 e. The molecule has 1 aliphatic heterocycles. The van der Waals surface area contributed by atoms with Crippen molar-refractivity contribution in [1.29, 1.82) is 0 Å². The van der Waals surface area contributed by atoms with E-state index in [1.54, 1.807) is 0 Å². The highest BCUT2D eigenvalue weighted by Gasteiger charge is 2.42. The summed E-state index contributed by atoms with van der Waals surface area (Å²) >= 11 is 0. The molecule has 0 radical (unpaired) electrons. The molecule has 4 nitrogen and oxygen atoms in total. The first-order valence-electron chi connectivity index (χ1n) is 4.90. The predicted molar refractivity (Wildman–Crippen MR) is 53.4 cm³/mol. The van der Waals surface area contributed by atoms with E-state index in [0.29, 0.717) is 6.54 Å². The Kier molecular flexibility index (Phi) is 4.19. The molecule has 1 saturated heterocycles. The molecular formula is C8H15F3N2O2S. The van der Waals surface area contributed by atoms with Crippen LogP contribution in [0.15, 0.2) is 0 Å². The van der Waals surface area contributed by atoms with Crippen LogP contribution in [0.5, 0.6) is 0 Å². The molecule has 1 heterocycles. The summed E-state index contributed by atoms with van der Waals surface area (Å²) < 4.78 is 61.1. The number of nitrogens with one attached hydrogen (secondary N) is 2. The fourth-order valence-electron chi connectivity index (χ4n) is 1.70. The Balaban J connectivity index is 2.45. The van der Waals surface area contributed by atoms with Gasteiger partial charge >= 0.3 is 6.18 Å². The minimum Gasteiger partial charge on any atom is -0.316 e. The maximum atomic E-state index is 12.4. The van der Waals surface area contributed by atoms with Gasteiger partial charge in [0.05, 0.1) is 12.2 Å². The number of hydrogen-bond acceptors (Lipinski definition) is 3. The minimum atomic E-state index is -4.21. The normalized spacial score (nSPS) is 28.0. The Bertz CT molecular complexity index is 329. The first-order valence-corrected chi connectivity index (χ1v) is 6.79. The van der Waals surface area contributed by atoms with Crippen molar-refractivity contribution in [1.82, 2.24) is 10.0 Å². The Labute approximate surface area is 92.6 Å². The van der Waals surface area contributed by atoms with Crippen LogP contribution in [0.2, 0.25) is 0 Å². The second-order valence-electron chi connectivity index (χ2n) is 4.12. The highest BCUT2D eigenvalue weighted by molar-refractivity contribution is 7.88. The zero-order chi connectivity index (χ0) is 12.4. The van der Waals surface area contributed by atoms with Crippen LogP contribution in [0.4, 0.5) is 13.2 Å². The summed E-state index contributed by atoms with van der Waals surface area (Å²) in [6, 6.07) is 0. The van der Waals surface area contributed by atoms with Crippen molar-refractivity contribution in [2.45, 2.75) is 12.6 Å². The van der Waals surface area contributed by atoms with Gasteiger partial charge in [-0.2, -0.15) is 13.2 Å². The van der Waals surface area contributed by atoms with E-state index in [2.05, 4.69) is 10.0 Å². The Morgan fingerprint density at radius 3 is 2.50 bits per heavy atom. The van der Waals surface area contributed by atoms with Gasteiger partial charge in [0.25, 0.3) is 0 Å². The summed E-state index contributed by atoms with van der Waals surface area (Å²) in [6.07, 6.45) is -3.25. The second kappa shape index (κ2) is 4.89. The quantitative estimate of drug-likeness (QED) is 0.768. The van der Waals surface area contributed by atoms with Gasteiger partial charge in [0.2, 0.25) is 10.0 Å².